The van der Waals surface area contributed by atoms with Gasteiger partial charge in [0.05, 0.1) is 13.1 Å². The molecule has 2 rings (SSSR count). The molecule has 1 aliphatic rings. The van der Waals surface area contributed by atoms with Gasteiger partial charge in [0.1, 0.15) is 6.10 Å². The number of hydrogen-bond donors (Lipinski definition) is 1. The van der Waals surface area contributed by atoms with E-state index in [2.05, 4.69) is 18.6 Å². The molecular weight excluding hydrogens is 318 g/mol. The Morgan fingerprint density at radius 1 is 1.30 bits per heavy atom. The van der Waals surface area contributed by atoms with Crippen LogP contribution in [0.25, 0.3) is 0 Å². The first kappa shape index (κ1) is 17.7. The molecule has 8 heteroatoms. The lowest BCUT2D eigenvalue weighted by Gasteiger charge is -2.15. The van der Waals surface area contributed by atoms with Crippen molar-refractivity contribution in [2.75, 3.05) is 32.1 Å². The zero-order valence-electron chi connectivity index (χ0n) is 13.8. The standard InChI is InChI=1S/C15H23N3O4S/c1-11(2)12-5-7-13(8-6-12)18-10-14(22-15(18)19)9-16-23(20,21)17(3)4/h5-8,11,14,16H,9-10H2,1-4H3. The van der Waals surface area contributed by atoms with Gasteiger partial charge in [0.25, 0.3) is 10.2 Å². The molecule has 0 radical (unpaired) electrons. The maximum absolute atomic E-state index is 12.0. The first-order valence-corrected chi connectivity index (χ1v) is 8.90. The number of nitrogens with one attached hydrogen (secondary N) is 1. The number of cyclic esters (lactones) is 1. The van der Waals surface area contributed by atoms with Gasteiger partial charge in [0.15, 0.2) is 0 Å². The number of ether oxygens (including phenoxy) is 1. The quantitative estimate of drug-likeness (QED) is 0.851. The Kier molecular flexibility index (Phi) is 5.28. The van der Waals surface area contributed by atoms with Gasteiger partial charge in [-0.05, 0) is 23.6 Å². The summed E-state index contributed by atoms with van der Waals surface area (Å²) in [7, 11) is -0.655. The molecule has 0 aliphatic carbocycles. The molecule has 1 amide bonds. The van der Waals surface area contributed by atoms with Crippen molar-refractivity contribution in [2.45, 2.75) is 25.9 Å². The lowest BCUT2D eigenvalue weighted by atomic mass is 10.0. The Balaban J connectivity index is 2.00. The fraction of sp³-hybridized carbons (Fsp3) is 0.533. The molecular formula is C15H23N3O4S. The molecule has 1 aromatic rings. The zero-order chi connectivity index (χ0) is 17.2. The summed E-state index contributed by atoms with van der Waals surface area (Å²) < 4.78 is 32.1. The van der Waals surface area contributed by atoms with Crippen molar-refractivity contribution >= 4 is 22.0 Å². The number of amides is 1. The molecule has 0 saturated carbocycles. The molecule has 1 fully saturated rings. The highest BCUT2D eigenvalue weighted by Crippen LogP contribution is 2.24. The van der Waals surface area contributed by atoms with Gasteiger partial charge in [-0.15, -0.1) is 0 Å². The normalized spacial score (nSPS) is 18.8. The predicted molar refractivity (Wildman–Crippen MR) is 88.8 cm³/mol. The zero-order valence-corrected chi connectivity index (χ0v) is 14.6. The summed E-state index contributed by atoms with van der Waals surface area (Å²) in [6.07, 6.45) is -0.974. The van der Waals surface area contributed by atoms with E-state index in [4.69, 9.17) is 4.74 Å². The van der Waals surface area contributed by atoms with Crippen LogP contribution in [0.3, 0.4) is 0 Å². The van der Waals surface area contributed by atoms with Crippen LogP contribution in [0.4, 0.5) is 10.5 Å². The Morgan fingerprint density at radius 3 is 2.43 bits per heavy atom. The maximum Gasteiger partial charge on any atom is 0.414 e. The molecule has 1 saturated heterocycles. The largest absolute Gasteiger partial charge is 0.443 e. The number of carbonyl (C=O) groups is 1. The van der Waals surface area contributed by atoms with Crippen molar-refractivity contribution in [1.29, 1.82) is 0 Å². The van der Waals surface area contributed by atoms with Gasteiger partial charge >= 0.3 is 6.09 Å². The van der Waals surface area contributed by atoms with Gasteiger partial charge in [-0.25, -0.2) is 4.79 Å². The minimum absolute atomic E-state index is 0.0484. The first-order valence-electron chi connectivity index (χ1n) is 7.46. The average molecular weight is 341 g/mol. The summed E-state index contributed by atoms with van der Waals surface area (Å²) >= 11 is 0. The second-order valence-electron chi connectivity index (χ2n) is 6.00. The minimum Gasteiger partial charge on any atom is -0.443 e. The second-order valence-corrected chi connectivity index (χ2v) is 7.97. The van der Waals surface area contributed by atoms with Gasteiger partial charge < -0.3 is 4.74 Å². The molecule has 1 aliphatic heterocycles. The van der Waals surface area contributed by atoms with Crippen LogP contribution >= 0.6 is 0 Å². The van der Waals surface area contributed by atoms with Crippen LogP contribution in [-0.4, -0.2) is 52.1 Å². The van der Waals surface area contributed by atoms with Crippen molar-refractivity contribution in [1.82, 2.24) is 9.03 Å². The third-order valence-corrected chi connectivity index (χ3v) is 5.21. The van der Waals surface area contributed by atoms with Gasteiger partial charge in [0.2, 0.25) is 0 Å². The van der Waals surface area contributed by atoms with Crippen LogP contribution in [-0.2, 0) is 14.9 Å². The molecule has 1 unspecified atom stereocenters. The number of carbonyl (C=O) groups excluding carboxylic acids is 1. The lowest BCUT2D eigenvalue weighted by Crippen LogP contribution is -2.40. The number of rotatable bonds is 6. The molecule has 128 valence electrons. The van der Waals surface area contributed by atoms with Crippen LogP contribution in [0.15, 0.2) is 24.3 Å². The predicted octanol–water partition coefficient (Wildman–Crippen LogP) is 1.53. The molecule has 1 N–H and O–H groups in total. The van der Waals surface area contributed by atoms with E-state index < -0.39 is 22.4 Å². The van der Waals surface area contributed by atoms with Gasteiger partial charge in [-0.1, -0.05) is 26.0 Å². The summed E-state index contributed by atoms with van der Waals surface area (Å²) in [6.45, 7) is 4.57. The number of nitrogens with zero attached hydrogens (tertiary/aromatic N) is 2. The Morgan fingerprint density at radius 2 is 1.91 bits per heavy atom. The van der Waals surface area contributed by atoms with Crippen LogP contribution in [0.2, 0.25) is 0 Å². The van der Waals surface area contributed by atoms with Crippen LogP contribution < -0.4 is 9.62 Å². The Hall–Kier alpha value is -1.64. The van der Waals surface area contributed by atoms with Crippen LogP contribution in [0, 0.1) is 0 Å². The summed E-state index contributed by atoms with van der Waals surface area (Å²) in [5.74, 6) is 0.419. The minimum atomic E-state index is -3.53. The molecule has 0 aromatic heterocycles. The first-order chi connectivity index (χ1) is 10.7. The highest BCUT2D eigenvalue weighted by molar-refractivity contribution is 7.87. The number of anilines is 1. The van der Waals surface area contributed by atoms with Crippen molar-refractivity contribution in [3.63, 3.8) is 0 Å². The Bertz CT molecular complexity index is 656. The van der Waals surface area contributed by atoms with E-state index in [1.54, 1.807) is 0 Å². The van der Waals surface area contributed by atoms with E-state index in [1.165, 1.54) is 24.6 Å². The van der Waals surface area contributed by atoms with E-state index >= 15 is 0 Å². The summed E-state index contributed by atoms with van der Waals surface area (Å²) in [5, 5.41) is 0. The van der Waals surface area contributed by atoms with E-state index in [0.717, 1.165) is 9.99 Å². The smallest absolute Gasteiger partial charge is 0.414 e. The highest BCUT2D eigenvalue weighted by Gasteiger charge is 2.33. The molecule has 1 heterocycles. The fourth-order valence-corrected chi connectivity index (χ4v) is 2.86. The number of hydrogen-bond acceptors (Lipinski definition) is 4. The molecule has 0 spiro atoms. The van der Waals surface area contributed by atoms with Crippen molar-refractivity contribution < 1.29 is 17.9 Å². The summed E-state index contributed by atoms with van der Waals surface area (Å²) in [6, 6.07) is 7.72. The topological polar surface area (TPSA) is 79.0 Å². The van der Waals surface area contributed by atoms with Crippen molar-refractivity contribution in [2.24, 2.45) is 0 Å². The van der Waals surface area contributed by atoms with Gasteiger partial charge in [-0.2, -0.15) is 17.4 Å². The molecule has 23 heavy (non-hydrogen) atoms. The SMILES string of the molecule is CC(C)c1ccc(N2CC(CNS(=O)(=O)N(C)C)OC2=O)cc1. The third kappa shape index (κ3) is 4.21. The van der Waals surface area contributed by atoms with E-state index in [1.807, 2.05) is 24.3 Å². The van der Waals surface area contributed by atoms with Crippen molar-refractivity contribution in [3.8, 4) is 0 Å². The Labute approximate surface area is 137 Å². The lowest BCUT2D eigenvalue weighted by molar-refractivity contribution is 0.143. The molecule has 1 aromatic carbocycles. The van der Waals surface area contributed by atoms with E-state index in [0.29, 0.717) is 12.5 Å². The van der Waals surface area contributed by atoms with Crippen molar-refractivity contribution in [3.05, 3.63) is 29.8 Å². The summed E-state index contributed by atoms with van der Waals surface area (Å²) in [5.41, 5.74) is 1.94. The van der Waals surface area contributed by atoms with E-state index in [-0.39, 0.29) is 6.54 Å². The third-order valence-electron chi connectivity index (χ3n) is 3.72. The fourth-order valence-electron chi connectivity index (χ4n) is 2.21. The molecule has 1 atom stereocenters. The van der Waals surface area contributed by atoms with Crippen LogP contribution in [0.1, 0.15) is 25.3 Å². The highest BCUT2D eigenvalue weighted by atomic mass is 32.2. The molecule has 0 bridgehead atoms. The monoisotopic (exact) mass is 341 g/mol. The second kappa shape index (κ2) is 6.86. The average Bonchev–Trinajstić information content (AvgIpc) is 2.86. The maximum atomic E-state index is 12.0. The van der Waals surface area contributed by atoms with Gasteiger partial charge in [0, 0.05) is 19.8 Å². The molecule has 7 nitrogen and oxygen atoms in total. The number of benzene rings is 1. The van der Waals surface area contributed by atoms with E-state index in [9.17, 15) is 13.2 Å². The van der Waals surface area contributed by atoms with Crippen LogP contribution in [0.5, 0.6) is 0 Å². The van der Waals surface area contributed by atoms with Gasteiger partial charge in [-0.3, -0.25) is 4.90 Å². The summed E-state index contributed by atoms with van der Waals surface area (Å²) in [4.78, 5) is 13.5.